The van der Waals surface area contributed by atoms with Crippen molar-refractivity contribution in [3.8, 4) is 11.4 Å². The van der Waals surface area contributed by atoms with Gasteiger partial charge in [0.2, 0.25) is 0 Å². The van der Waals surface area contributed by atoms with E-state index in [0.717, 1.165) is 21.6 Å². The Hall–Kier alpha value is -1.95. The second-order valence-corrected chi connectivity index (χ2v) is 5.72. The molecule has 0 spiro atoms. The van der Waals surface area contributed by atoms with E-state index in [9.17, 15) is 0 Å². The van der Waals surface area contributed by atoms with Crippen molar-refractivity contribution in [1.82, 2.24) is 19.7 Å². The van der Waals surface area contributed by atoms with Gasteiger partial charge in [0.25, 0.3) is 0 Å². The molecule has 0 unspecified atom stereocenters. The van der Waals surface area contributed by atoms with Gasteiger partial charge in [-0.15, -0.1) is 11.3 Å². The third-order valence-corrected chi connectivity index (χ3v) is 4.33. The zero-order valence-corrected chi connectivity index (χ0v) is 12.2. The van der Waals surface area contributed by atoms with Crippen LogP contribution in [0.2, 0.25) is 0 Å². The quantitative estimate of drug-likeness (QED) is 0.780. The molecule has 0 aliphatic heterocycles. The summed E-state index contributed by atoms with van der Waals surface area (Å²) in [5, 5.41) is 8.46. The first-order chi connectivity index (χ1) is 9.10. The molecule has 1 N–H and O–H groups in total. The largest absolute Gasteiger partial charge is 0.372 e. The minimum Gasteiger partial charge on any atom is -0.372 e. The third-order valence-electron chi connectivity index (χ3n) is 3.23. The normalized spacial score (nSPS) is 11.2. The highest BCUT2D eigenvalue weighted by atomic mass is 32.1. The number of thiophene rings is 1. The predicted molar refractivity (Wildman–Crippen MR) is 78.6 cm³/mol. The molecule has 98 valence electrons. The van der Waals surface area contributed by atoms with E-state index in [1.54, 1.807) is 22.2 Å². The van der Waals surface area contributed by atoms with Crippen molar-refractivity contribution in [3.63, 3.8) is 0 Å². The molecule has 0 fully saturated rings. The molecule has 0 radical (unpaired) electrons. The first kappa shape index (κ1) is 12.1. The molecule has 0 aliphatic carbocycles. The predicted octanol–water partition coefficient (Wildman–Crippen LogP) is 2.75. The molecule has 0 saturated heterocycles. The maximum Gasteiger partial charge on any atom is 0.166 e. The van der Waals surface area contributed by atoms with Gasteiger partial charge >= 0.3 is 0 Å². The average molecular weight is 273 g/mol. The van der Waals surface area contributed by atoms with E-state index in [4.69, 9.17) is 0 Å². The van der Waals surface area contributed by atoms with Crippen molar-refractivity contribution in [2.75, 3.05) is 12.4 Å². The Morgan fingerprint density at radius 1 is 1.26 bits per heavy atom. The van der Waals surface area contributed by atoms with Crippen LogP contribution < -0.4 is 5.32 Å². The van der Waals surface area contributed by atoms with Crippen molar-refractivity contribution >= 4 is 27.4 Å². The van der Waals surface area contributed by atoms with Crippen LogP contribution in [0.1, 0.15) is 10.4 Å². The molecule has 0 atom stereocenters. The van der Waals surface area contributed by atoms with E-state index >= 15 is 0 Å². The minimum atomic E-state index is 0.714. The van der Waals surface area contributed by atoms with Crippen LogP contribution in [0.25, 0.3) is 21.6 Å². The fourth-order valence-corrected chi connectivity index (χ4v) is 3.13. The van der Waals surface area contributed by atoms with Gasteiger partial charge in [0, 0.05) is 25.2 Å². The van der Waals surface area contributed by atoms with E-state index in [1.807, 2.05) is 20.3 Å². The highest BCUT2D eigenvalue weighted by Crippen LogP contribution is 2.34. The van der Waals surface area contributed by atoms with Gasteiger partial charge in [0.15, 0.2) is 5.82 Å². The van der Waals surface area contributed by atoms with Crippen LogP contribution in [0.3, 0.4) is 0 Å². The van der Waals surface area contributed by atoms with Gasteiger partial charge in [-0.1, -0.05) is 0 Å². The Morgan fingerprint density at radius 3 is 2.68 bits per heavy atom. The van der Waals surface area contributed by atoms with Gasteiger partial charge in [0.1, 0.15) is 10.6 Å². The molecule has 3 heterocycles. The number of nitrogens with one attached hydrogen (secondary N) is 1. The molecule has 0 saturated carbocycles. The Bertz CT molecular complexity index is 756. The molecule has 19 heavy (non-hydrogen) atoms. The van der Waals surface area contributed by atoms with Crippen LogP contribution in [0.4, 0.5) is 5.82 Å². The number of rotatable bonds is 2. The summed E-state index contributed by atoms with van der Waals surface area (Å²) in [6, 6.07) is 0. The first-order valence-corrected chi connectivity index (χ1v) is 6.86. The Kier molecular flexibility index (Phi) is 2.74. The van der Waals surface area contributed by atoms with E-state index in [0.29, 0.717) is 5.82 Å². The molecule has 5 nitrogen and oxygen atoms in total. The number of nitrogens with zero attached hydrogens (tertiary/aromatic N) is 4. The van der Waals surface area contributed by atoms with Crippen LogP contribution >= 0.6 is 11.3 Å². The maximum absolute atomic E-state index is 4.66. The van der Waals surface area contributed by atoms with Crippen LogP contribution in [-0.4, -0.2) is 26.8 Å². The fraction of sp³-hybridized carbons (Fsp3) is 0.308. The molecule has 0 bridgehead atoms. The number of anilines is 1. The number of hydrogen-bond acceptors (Lipinski definition) is 5. The van der Waals surface area contributed by atoms with Crippen LogP contribution in [0, 0.1) is 13.8 Å². The highest BCUT2D eigenvalue weighted by Gasteiger charge is 2.15. The van der Waals surface area contributed by atoms with Crippen molar-refractivity contribution in [2.45, 2.75) is 13.8 Å². The molecule has 3 rings (SSSR count). The van der Waals surface area contributed by atoms with Crippen LogP contribution in [0.15, 0.2) is 12.4 Å². The average Bonchev–Trinajstić information content (AvgIpc) is 2.94. The Labute approximate surface area is 115 Å². The van der Waals surface area contributed by atoms with E-state index in [-0.39, 0.29) is 0 Å². The van der Waals surface area contributed by atoms with Crippen molar-refractivity contribution in [2.24, 2.45) is 7.05 Å². The maximum atomic E-state index is 4.66. The highest BCUT2D eigenvalue weighted by molar-refractivity contribution is 7.18. The zero-order chi connectivity index (χ0) is 13.6. The lowest BCUT2D eigenvalue weighted by Crippen LogP contribution is -1.97. The Balaban J connectivity index is 2.28. The Morgan fingerprint density at radius 2 is 2.05 bits per heavy atom. The lowest BCUT2D eigenvalue weighted by molar-refractivity contribution is 0.768. The summed E-state index contributed by atoms with van der Waals surface area (Å²) in [7, 11) is 3.78. The topological polar surface area (TPSA) is 55.6 Å². The van der Waals surface area contributed by atoms with E-state index < -0.39 is 0 Å². The van der Waals surface area contributed by atoms with Gasteiger partial charge in [-0.25, -0.2) is 9.97 Å². The molecular weight excluding hydrogens is 258 g/mol. The molecule has 0 aliphatic rings. The summed E-state index contributed by atoms with van der Waals surface area (Å²) < 4.78 is 1.76. The van der Waals surface area contributed by atoms with Gasteiger partial charge in [-0.05, 0) is 19.4 Å². The van der Waals surface area contributed by atoms with Gasteiger partial charge in [-0.2, -0.15) is 5.10 Å². The third kappa shape index (κ3) is 1.88. The lowest BCUT2D eigenvalue weighted by atomic mass is 10.2. The van der Waals surface area contributed by atoms with Gasteiger partial charge in [-0.3, -0.25) is 4.68 Å². The summed E-state index contributed by atoms with van der Waals surface area (Å²) in [5.74, 6) is 1.59. The molecule has 3 aromatic heterocycles. The molecule has 0 aromatic carbocycles. The molecular formula is C13H15N5S. The minimum absolute atomic E-state index is 0.714. The number of aromatic nitrogens is 4. The zero-order valence-electron chi connectivity index (χ0n) is 11.4. The lowest BCUT2D eigenvalue weighted by Gasteiger charge is -2.04. The number of aryl methyl sites for hydroxylation is 3. The van der Waals surface area contributed by atoms with Crippen molar-refractivity contribution in [1.29, 1.82) is 0 Å². The summed E-state index contributed by atoms with van der Waals surface area (Å²) in [5.41, 5.74) is 2.19. The summed E-state index contributed by atoms with van der Waals surface area (Å²) in [4.78, 5) is 11.6. The number of fused-ring (bicyclic) bond motifs is 1. The van der Waals surface area contributed by atoms with E-state index in [2.05, 4.69) is 34.2 Å². The number of hydrogen-bond donors (Lipinski definition) is 1. The van der Waals surface area contributed by atoms with Crippen LogP contribution in [-0.2, 0) is 7.05 Å². The monoisotopic (exact) mass is 273 g/mol. The van der Waals surface area contributed by atoms with Crippen LogP contribution in [0.5, 0.6) is 0 Å². The second kappa shape index (κ2) is 4.31. The van der Waals surface area contributed by atoms with Gasteiger partial charge in [0.05, 0.1) is 17.1 Å². The van der Waals surface area contributed by atoms with Crippen molar-refractivity contribution < 1.29 is 0 Å². The molecule has 6 heteroatoms. The van der Waals surface area contributed by atoms with Crippen molar-refractivity contribution in [3.05, 3.63) is 22.8 Å². The smallest absolute Gasteiger partial charge is 0.166 e. The fourth-order valence-electron chi connectivity index (χ4n) is 2.10. The standard InChI is InChI=1S/C13H15N5S/c1-7-8(2)19-13-10(7)12(14-3)16-11(17-13)9-5-15-18(4)6-9/h5-6H,1-4H3,(H,14,16,17). The summed E-state index contributed by atoms with van der Waals surface area (Å²) in [6.07, 6.45) is 3.71. The van der Waals surface area contributed by atoms with Gasteiger partial charge < -0.3 is 5.32 Å². The van der Waals surface area contributed by atoms with E-state index in [1.165, 1.54) is 10.4 Å². The second-order valence-electron chi connectivity index (χ2n) is 4.51. The SMILES string of the molecule is CNc1nc(-c2cnn(C)c2)nc2sc(C)c(C)c12. The summed E-state index contributed by atoms with van der Waals surface area (Å²) in [6.45, 7) is 4.23. The molecule has 0 amide bonds. The first-order valence-electron chi connectivity index (χ1n) is 6.04. The molecule has 3 aromatic rings. The summed E-state index contributed by atoms with van der Waals surface area (Å²) >= 11 is 1.71.